The van der Waals surface area contributed by atoms with Crippen molar-refractivity contribution in [3.8, 4) is 0 Å². The summed E-state index contributed by atoms with van der Waals surface area (Å²) >= 11 is 0. The fourth-order valence-electron chi connectivity index (χ4n) is 1.89. The summed E-state index contributed by atoms with van der Waals surface area (Å²) in [7, 11) is 0. The number of amides is 2. The first-order chi connectivity index (χ1) is 8.68. The van der Waals surface area contributed by atoms with Gasteiger partial charge in [-0.25, -0.2) is 4.79 Å². The lowest BCUT2D eigenvalue weighted by atomic mass is 9.90. The van der Waals surface area contributed by atoms with Crippen LogP contribution in [0, 0.1) is 5.41 Å². The van der Waals surface area contributed by atoms with E-state index in [0.29, 0.717) is 13.1 Å². The van der Waals surface area contributed by atoms with E-state index in [0.717, 1.165) is 25.2 Å². The first-order valence-electron chi connectivity index (χ1n) is 6.16. The molecule has 0 saturated carbocycles. The SMILES string of the molecule is CC1(CNC(=O)NCc2ccncc2)CCOC1. The summed E-state index contributed by atoms with van der Waals surface area (Å²) in [6.07, 6.45) is 4.43. The van der Waals surface area contributed by atoms with Crippen LogP contribution in [-0.4, -0.2) is 30.8 Å². The van der Waals surface area contributed by atoms with Crippen LogP contribution in [0.15, 0.2) is 24.5 Å². The van der Waals surface area contributed by atoms with Crippen LogP contribution in [0.5, 0.6) is 0 Å². The van der Waals surface area contributed by atoms with E-state index in [1.807, 2.05) is 12.1 Å². The van der Waals surface area contributed by atoms with Crippen LogP contribution in [0.3, 0.4) is 0 Å². The zero-order valence-electron chi connectivity index (χ0n) is 10.6. The molecule has 98 valence electrons. The number of hydrogen-bond donors (Lipinski definition) is 2. The molecule has 1 aromatic heterocycles. The topological polar surface area (TPSA) is 63.2 Å². The van der Waals surface area contributed by atoms with Crippen molar-refractivity contribution >= 4 is 6.03 Å². The average molecular weight is 249 g/mol. The number of carbonyl (C=O) groups excluding carboxylic acids is 1. The van der Waals surface area contributed by atoms with E-state index < -0.39 is 0 Å². The Labute approximate surface area is 107 Å². The van der Waals surface area contributed by atoms with Crippen LogP contribution in [0.1, 0.15) is 18.9 Å². The highest BCUT2D eigenvalue weighted by molar-refractivity contribution is 5.73. The maximum Gasteiger partial charge on any atom is 0.315 e. The van der Waals surface area contributed by atoms with Crippen LogP contribution in [0.2, 0.25) is 0 Å². The Morgan fingerprint density at radius 1 is 1.44 bits per heavy atom. The second kappa shape index (κ2) is 5.82. The van der Waals surface area contributed by atoms with Crippen molar-refractivity contribution in [3.63, 3.8) is 0 Å². The molecule has 2 heterocycles. The Balaban J connectivity index is 1.69. The molecule has 0 aromatic carbocycles. The predicted octanol–water partition coefficient (Wildman–Crippen LogP) is 1.31. The Kier molecular flexibility index (Phi) is 4.15. The Morgan fingerprint density at radius 2 is 2.22 bits per heavy atom. The first kappa shape index (κ1) is 12.8. The van der Waals surface area contributed by atoms with Gasteiger partial charge in [0.15, 0.2) is 0 Å². The van der Waals surface area contributed by atoms with Gasteiger partial charge < -0.3 is 15.4 Å². The monoisotopic (exact) mass is 249 g/mol. The lowest BCUT2D eigenvalue weighted by Gasteiger charge is -2.21. The summed E-state index contributed by atoms with van der Waals surface area (Å²) in [5.74, 6) is 0. The van der Waals surface area contributed by atoms with Gasteiger partial charge in [-0.15, -0.1) is 0 Å². The molecule has 0 spiro atoms. The summed E-state index contributed by atoms with van der Waals surface area (Å²) in [5, 5.41) is 5.71. The maximum atomic E-state index is 11.6. The van der Waals surface area contributed by atoms with Gasteiger partial charge in [-0.3, -0.25) is 4.98 Å². The summed E-state index contributed by atoms with van der Waals surface area (Å²) in [4.78, 5) is 15.6. The molecule has 0 aliphatic carbocycles. The molecule has 0 bridgehead atoms. The molecule has 1 aromatic rings. The third-order valence-corrected chi connectivity index (χ3v) is 3.18. The van der Waals surface area contributed by atoms with Crippen molar-refractivity contribution in [1.82, 2.24) is 15.6 Å². The van der Waals surface area contributed by atoms with Crippen molar-refractivity contribution in [2.45, 2.75) is 19.9 Å². The van der Waals surface area contributed by atoms with Crippen molar-refractivity contribution < 1.29 is 9.53 Å². The summed E-state index contributed by atoms with van der Waals surface area (Å²) in [5.41, 5.74) is 1.11. The Bertz CT molecular complexity index is 388. The quantitative estimate of drug-likeness (QED) is 0.845. The number of urea groups is 1. The number of ether oxygens (including phenoxy) is 1. The van der Waals surface area contributed by atoms with Gasteiger partial charge in [-0.2, -0.15) is 0 Å². The van der Waals surface area contributed by atoms with E-state index in [4.69, 9.17) is 4.74 Å². The normalized spacial score (nSPS) is 22.7. The van der Waals surface area contributed by atoms with Gasteiger partial charge >= 0.3 is 6.03 Å². The van der Waals surface area contributed by atoms with Crippen LogP contribution in [0.25, 0.3) is 0 Å². The molecule has 1 aliphatic rings. The fourth-order valence-corrected chi connectivity index (χ4v) is 1.89. The summed E-state index contributed by atoms with van der Waals surface area (Å²) in [6.45, 7) is 4.80. The Hall–Kier alpha value is -1.62. The van der Waals surface area contributed by atoms with Crippen molar-refractivity contribution in [2.75, 3.05) is 19.8 Å². The highest BCUT2D eigenvalue weighted by Crippen LogP contribution is 2.26. The number of hydrogen-bond acceptors (Lipinski definition) is 3. The second-order valence-corrected chi connectivity index (χ2v) is 5.00. The van der Waals surface area contributed by atoms with Crippen LogP contribution in [0.4, 0.5) is 4.79 Å². The van der Waals surface area contributed by atoms with Gasteiger partial charge in [-0.1, -0.05) is 6.92 Å². The van der Waals surface area contributed by atoms with Crippen molar-refractivity contribution in [3.05, 3.63) is 30.1 Å². The van der Waals surface area contributed by atoms with Gasteiger partial charge in [0.2, 0.25) is 0 Å². The minimum absolute atomic E-state index is 0.0774. The zero-order valence-corrected chi connectivity index (χ0v) is 10.6. The molecule has 2 N–H and O–H groups in total. The average Bonchev–Trinajstić information content (AvgIpc) is 2.83. The summed E-state index contributed by atoms with van der Waals surface area (Å²) in [6, 6.07) is 3.62. The van der Waals surface area contributed by atoms with Gasteiger partial charge in [0, 0.05) is 37.5 Å². The minimum atomic E-state index is -0.139. The molecule has 2 amide bonds. The number of rotatable bonds is 4. The lowest BCUT2D eigenvalue weighted by Crippen LogP contribution is -2.41. The highest BCUT2D eigenvalue weighted by atomic mass is 16.5. The maximum absolute atomic E-state index is 11.6. The van der Waals surface area contributed by atoms with E-state index in [2.05, 4.69) is 22.5 Å². The van der Waals surface area contributed by atoms with Gasteiger partial charge in [-0.05, 0) is 24.1 Å². The smallest absolute Gasteiger partial charge is 0.315 e. The Morgan fingerprint density at radius 3 is 2.89 bits per heavy atom. The molecular weight excluding hydrogens is 230 g/mol. The molecule has 1 unspecified atom stereocenters. The van der Waals surface area contributed by atoms with Crippen molar-refractivity contribution in [1.29, 1.82) is 0 Å². The molecule has 18 heavy (non-hydrogen) atoms. The molecule has 1 aliphatic heterocycles. The molecule has 1 fully saturated rings. The first-order valence-corrected chi connectivity index (χ1v) is 6.16. The number of carbonyl (C=O) groups is 1. The molecule has 2 rings (SSSR count). The van der Waals surface area contributed by atoms with E-state index in [-0.39, 0.29) is 11.4 Å². The van der Waals surface area contributed by atoms with Crippen LogP contribution in [-0.2, 0) is 11.3 Å². The molecular formula is C13H19N3O2. The fraction of sp³-hybridized carbons (Fsp3) is 0.538. The zero-order chi connectivity index (χ0) is 12.8. The van der Waals surface area contributed by atoms with Crippen molar-refractivity contribution in [2.24, 2.45) is 5.41 Å². The molecule has 1 saturated heterocycles. The van der Waals surface area contributed by atoms with E-state index in [9.17, 15) is 4.79 Å². The van der Waals surface area contributed by atoms with E-state index in [1.54, 1.807) is 12.4 Å². The number of nitrogens with one attached hydrogen (secondary N) is 2. The number of aromatic nitrogens is 1. The van der Waals surface area contributed by atoms with Gasteiger partial charge in [0.05, 0.1) is 6.61 Å². The number of pyridine rings is 1. The third-order valence-electron chi connectivity index (χ3n) is 3.18. The summed E-state index contributed by atoms with van der Waals surface area (Å²) < 4.78 is 5.34. The standard InChI is InChI=1S/C13H19N3O2/c1-13(4-7-18-10-13)9-16-12(17)15-8-11-2-5-14-6-3-11/h2-3,5-6H,4,7-10H2,1H3,(H2,15,16,17). The van der Waals surface area contributed by atoms with Gasteiger partial charge in [0.25, 0.3) is 0 Å². The molecule has 1 atom stereocenters. The van der Waals surface area contributed by atoms with Crippen LogP contribution < -0.4 is 10.6 Å². The molecule has 0 radical (unpaired) electrons. The second-order valence-electron chi connectivity index (χ2n) is 5.00. The molecule has 5 heteroatoms. The van der Waals surface area contributed by atoms with Gasteiger partial charge in [0.1, 0.15) is 0 Å². The predicted molar refractivity (Wildman–Crippen MR) is 68.0 cm³/mol. The number of nitrogens with zero attached hydrogens (tertiary/aromatic N) is 1. The minimum Gasteiger partial charge on any atom is -0.381 e. The van der Waals surface area contributed by atoms with Crippen LogP contribution >= 0.6 is 0 Å². The largest absolute Gasteiger partial charge is 0.381 e. The highest BCUT2D eigenvalue weighted by Gasteiger charge is 2.29. The van der Waals surface area contributed by atoms with E-state index >= 15 is 0 Å². The molecule has 5 nitrogen and oxygen atoms in total. The lowest BCUT2D eigenvalue weighted by molar-refractivity contribution is 0.158. The van der Waals surface area contributed by atoms with E-state index in [1.165, 1.54) is 0 Å². The third kappa shape index (κ3) is 3.70.